The van der Waals surface area contributed by atoms with E-state index < -0.39 is 17.5 Å². The summed E-state index contributed by atoms with van der Waals surface area (Å²) in [6.07, 6.45) is 0.432. The highest BCUT2D eigenvalue weighted by atomic mass is 19.2. The smallest absolute Gasteiger partial charge is 0.159 e. The van der Waals surface area contributed by atoms with Crippen molar-refractivity contribution in [1.82, 2.24) is 0 Å². The average Bonchev–Trinajstić information content (AvgIpc) is 2.33. The Hall–Kier alpha value is -2.10. The Morgan fingerprint density at radius 3 is 2.06 bits per heavy atom. The van der Waals surface area contributed by atoms with Crippen molar-refractivity contribution in [3.8, 4) is 11.1 Å². The minimum absolute atomic E-state index is 0.0236. The molecule has 0 atom stereocenters. The van der Waals surface area contributed by atoms with Crippen LogP contribution in [0.4, 0.5) is 13.2 Å². The molecule has 0 N–H and O–H groups in total. The molecule has 86 valence electrons. The Bertz CT molecular complexity index is 562. The van der Waals surface area contributed by atoms with Gasteiger partial charge in [-0.15, -0.1) is 0 Å². The van der Waals surface area contributed by atoms with Crippen LogP contribution in [0, 0.1) is 17.5 Å². The molecule has 0 saturated carbocycles. The summed E-state index contributed by atoms with van der Waals surface area (Å²) >= 11 is 0. The molecule has 4 heteroatoms. The van der Waals surface area contributed by atoms with Crippen LogP contribution in [-0.2, 0) is 0 Å². The Morgan fingerprint density at radius 2 is 1.47 bits per heavy atom. The minimum Gasteiger partial charge on any atom is -0.298 e. The lowest BCUT2D eigenvalue weighted by Crippen LogP contribution is -1.93. The standard InChI is InChI=1S/C13H7F3O/c14-10-3-1-8(2-4-10)11-6-13(16)12(15)5-9(11)7-17/h1-7H. The lowest BCUT2D eigenvalue weighted by atomic mass is 10.00. The maximum absolute atomic E-state index is 13.1. The largest absolute Gasteiger partial charge is 0.298 e. The third-order valence-electron chi connectivity index (χ3n) is 2.37. The third kappa shape index (κ3) is 2.20. The second-order valence-corrected chi connectivity index (χ2v) is 3.48. The van der Waals surface area contributed by atoms with Crippen LogP contribution in [0.3, 0.4) is 0 Å². The van der Waals surface area contributed by atoms with E-state index in [1.807, 2.05) is 0 Å². The second-order valence-electron chi connectivity index (χ2n) is 3.48. The van der Waals surface area contributed by atoms with E-state index in [-0.39, 0.29) is 11.1 Å². The number of rotatable bonds is 2. The van der Waals surface area contributed by atoms with E-state index in [4.69, 9.17) is 0 Å². The van der Waals surface area contributed by atoms with Gasteiger partial charge in [-0.05, 0) is 35.4 Å². The molecule has 0 amide bonds. The quantitative estimate of drug-likeness (QED) is 0.728. The van der Waals surface area contributed by atoms with Gasteiger partial charge in [0.25, 0.3) is 0 Å². The van der Waals surface area contributed by atoms with Gasteiger partial charge in [0, 0.05) is 5.56 Å². The summed E-state index contributed by atoms with van der Waals surface area (Å²) in [6, 6.07) is 6.91. The molecule has 0 spiro atoms. The van der Waals surface area contributed by atoms with Crippen LogP contribution in [0.1, 0.15) is 10.4 Å². The lowest BCUT2D eigenvalue weighted by molar-refractivity contribution is 0.112. The fraction of sp³-hybridized carbons (Fsp3) is 0. The highest BCUT2D eigenvalue weighted by molar-refractivity contribution is 5.87. The monoisotopic (exact) mass is 236 g/mol. The molecule has 0 saturated heterocycles. The first-order valence-electron chi connectivity index (χ1n) is 4.82. The van der Waals surface area contributed by atoms with Crippen molar-refractivity contribution in [3.63, 3.8) is 0 Å². The molecule has 17 heavy (non-hydrogen) atoms. The van der Waals surface area contributed by atoms with E-state index in [0.717, 1.165) is 12.1 Å². The fourth-order valence-electron chi connectivity index (χ4n) is 1.54. The van der Waals surface area contributed by atoms with Crippen LogP contribution in [0.15, 0.2) is 36.4 Å². The van der Waals surface area contributed by atoms with E-state index in [1.54, 1.807) is 0 Å². The van der Waals surface area contributed by atoms with Crippen molar-refractivity contribution in [2.24, 2.45) is 0 Å². The maximum atomic E-state index is 13.1. The van der Waals surface area contributed by atoms with Crippen molar-refractivity contribution < 1.29 is 18.0 Å². The summed E-state index contributed by atoms with van der Waals surface area (Å²) in [5.74, 6) is -2.57. The van der Waals surface area contributed by atoms with Crippen molar-refractivity contribution in [1.29, 1.82) is 0 Å². The van der Waals surface area contributed by atoms with Gasteiger partial charge < -0.3 is 0 Å². The first-order valence-corrected chi connectivity index (χ1v) is 4.82. The van der Waals surface area contributed by atoms with Gasteiger partial charge in [0.2, 0.25) is 0 Å². The van der Waals surface area contributed by atoms with E-state index in [1.165, 1.54) is 24.3 Å². The van der Waals surface area contributed by atoms with E-state index >= 15 is 0 Å². The number of benzene rings is 2. The molecule has 0 fully saturated rings. The zero-order valence-corrected chi connectivity index (χ0v) is 8.58. The molecular weight excluding hydrogens is 229 g/mol. The van der Waals surface area contributed by atoms with Gasteiger partial charge in [0.05, 0.1) is 0 Å². The summed E-state index contributed by atoms with van der Waals surface area (Å²) in [7, 11) is 0. The Kier molecular flexibility index (Phi) is 2.95. The van der Waals surface area contributed by atoms with Crippen molar-refractivity contribution in [3.05, 3.63) is 59.4 Å². The predicted octanol–water partition coefficient (Wildman–Crippen LogP) is 3.58. The van der Waals surface area contributed by atoms with Crippen LogP contribution >= 0.6 is 0 Å². The van der Waals surface area contributed by atoms with Crippen LogP contribution in [0.25, 0.3) is 11.1 Å². The van der Waals surface area contributed by atoms with Gasteiger partial charge in [-0.25, -0.2) is 13.2 Å². The molecule has 0 bridgehead atoms. The molecule has 1 nitrogen and oxygen atoms in total. The molecule has 0 heterocycles. The highest BCUT2D eigenvalue weighted by Crippen LogP contribution is 2.25. The lowest BCUT2D eigenvalue weighted by Gasteiger charge is -2.06. The van der Waals surface area contributed by atoms with Crippen molar-refractivity contribution in [2.75, 3.05) is 0 Å². The molecule has 0 radical (unpaired) electrons. The van der Waals surface area contributed by atoms with Crippen LogP contribution in [0.5, 0.6) is 0 Å². The first kappa shape index (κ1) is 11.4. The number of halogens is 3. The van der Waals surface area contributed by atoms with E-state index in [0.29, 0.717) is 11.8 Å². The topological polar surface area (TPSA) is 17.1 Å². The fourth-order valence-corrected chi connectivity index (χ4v) is 1.54. The molecular formula is C13H7F3O. The van der Waals surface area contributed by atoms with E-state index in [9.17, 15) is 18.0 Å². The Morgan fingerprint density at radius 1 is 0.882 bits per heavy atom. The van der Waals surface area contributed by atoms with Gasteiger partial charge in [0.1, 0.15) is 5.82 Å². The predicted molar refractivity (Wildman–Crippen MR) is 57.1 cm³/mol. The van der Waals surface area contributed by atoms with Gasteiger partial charge in [-0.3, -0.25) is 4.79 Å². The summed E-state index contributed by atoms with van der Waals surface area (Å²) in [6.45, 7) is 0. The molecule has 0 aliphatic carbocycles. The van der Waals surface area contributed by atoms with Gasteiger partial charge >= 0.3 is 0 Å². The molecule has 0 unspecified atom stereocenters. The van der Waals surface area contributed by atoms with E-state index in [2.05, 4.69) is 0 Å². The Labute approximate surface area is 95.5 Å². The summed E-state index contributed by atoms with van der Waals surface area (Å²) in [5, 5.41) is 0. The number of carbonyl (C=O) groups excluding carboxylic acids is 1. The summed E-state index contributed by atoms with van der Waals surface area (Å²) in [4.78, 5) is 10.8. The third-order valence-corrected chi connectivity index (χ3v) is 2.37. The van der Waals surface area contributed by atoms with Crippen molar-refractivity contribution >= 4 is 6.29 Å². The zero-order chi connectivity index (χ0) is 12.4. The average molecular weight is 236 g/mol. The molecule has 2 rings (SSSR count). The Balaban J connectivity index is 2.61. The number of hydrogen-bond acceptors (Lipinski definition) is 1. The number of hydrogen-bond donors (Lipinski definition) is 0. The SMILES string of the molecule is O=Cc1cc(F)c(F)cc1-c1ccc(F)cc1. The van der Waals surface area contributed by atoms with Crippen LogP contribution < -0.4 is 0 Å². The molecule has 2 aromatic rings. The van der Waals surface area contributed by atoms with Gasteiger partial charge in [-0.1, -0.05) is 12.1 Å². The second kappa shape index (κ2) is 4.41. The molecule has 2 aromatic carbocycles. The molecule has 0 aromatic heterocycles. The molecule has 0 aliphatic rings. The summed E-state index contributed by atoms with van der Waals surface area (Å²) in [5.41, 5.74) is 0.710. The molecule has 0 aliphatic heterocycles. The minimum atomic E-state index is -1.09. The zero-order valence-electron chi connectivity index (χ0n) is 8.58. The first-order chi connectivity index (χ1) is 8.11. The summed E-state index contributed by atoms with van der Waals surface area (Å²) < 4.78 is 38.8. The highest BCUT2D eigenvalue weighted by Gasteiger charge is 2.10. The van der Waals surface area contributed by atoms with Gasteiger partial charge in [0.15, 0.2) is 17.9 Å². The van der Waals surface area contributed by atoms with Crippen molar-refractivity contribution in [2.45, 2.75) is 0 Å². The normalized spacial score (nSPS) is 10.3. The maximum Gasteiger partial charge on any atom is 0.159 e. The number of carbonyl (C=O) groups is 1. The van der Waals surface area contributed by atoms with Crippen LogP contribution in [-0.4, -0.2) is 6.29 Å². The van der Waals surface area contributed by atoms with Crippen LogP contribution in [0.2, 0.25) is 0 Å². The van der Waals surface area contributed by atoms with Gasteiger partial charge in [-0.2, -0.15) is 0 Å². The number of aldehydes is 1.